The minimum atomic E-state index is -3.27. The molecule has 3 nitrogen and oxygen atoms in total. The molecule has 15 heavy (non-hydrogen) atoms. The van der Waals surface area contributed by atoms with E-state index in [1.54, 1.807) is 12.1 Å². The zero-order chi connectivity index (χ0) is 11.6. The highest BCUT2D eigenvalue weighted by Gasteiger charge is 2.15. The molecule has 0 heterocycles. The van der Waals surface area contributed by atoms with E-state index in [0.29, 0.717) is 11.8 Å². The Kier molecular flexibility index (Phi) is 3.29. The van der Waals surface area contributed by atoms with Crippen molar-refractivity contribution in [2.75, 3.05) is 6.26 Å². The first kappa shape index (κ1) is 11.9. The summed E-state index contributed by atoms with van der Waals surface area (Å²) < 4.78 is 23.0. The van der Waals surface area contributed by atoms with Crippen molar-refractivity contribution in [3.05, 3.63) is 29.3 Å². The van der Waals surface area contributed by atoms with Crippen molar-refractivity contribution in [2.45, 2.75) is 24.7 Å². The molecule has 0 saturated heterocycles. The molecule has 0 radical (unpaired) electrons. The number of rotatable bonds is 3. The van der Waals surface area contributed by atoms with Crippen LogP contribution in [-0.4, -0.2) is 21.0 Å². The molecule has 0 aliphatic rings. The number of carbonyl (C=O) groups excluding carboxylic acids is 1. The second-order valence-corrected chi connectivity index (χ2v) is 5.83. The first-order chi connectivity index (χ1) is 6.86. The van der Waals surface area contributed by atoms with Crippen molar-refractivity contribution in [3.8, 4) is 0 Å². The van der Waals surface area contributed by atoms with Gasteiger partial charge in [-0.25, -0.2) is 8.42 Å². The number of aldehydes is 1. The molecular formula is C11H14O3S. The molecule has 0 amide bonds. The Morgan fingerprint density at radius 3 is 2.27 bits per heavy atom. The molecule has 0 bridgehead atoms. The van der Waals surface area contributed by atoms with Crippen LogP contribution in [0.2, 0.25) is 0 Å². The number of benzene rings is 1. The fourth-order valence-electron chi connectivity index (χ4n) is 1.42. The highest BCUT2D eigenvalue weighted by Crippen LogP contribution is 2.24. The molecule has 0 N–H and O–H groups in total. The number of hydrogen-bond acceptors (Lipinski definition) is 3. The van der Waals surface area contributed by atoms with Gasteiger partial charge in [0.05, 0.1) is 4.90 Å². The standard InChI is InChI=1S/C11H14O3S/c1-8(2)10-5-4-9(7-12)6-11(10)15(3,13)14/h4-8H,1-3H3. The summed E-state index contributed by atoms with van der Waals surface area (Å²) in [7, 11) is -3.27. The van der Waals surface area contributed by atoms with Crippen LogP contribution in [0, 0.1) is 0 Å². The molecule has 1 rings (SSSR count). The van der Waals surface area contributed by atoms with Crippen molar-refractivity contribution in [2.24, 2.45) is 0 Å². The third-order valence-electron chi connectivity index (χ3n) is 2.20. The number of carbonyl (C=O) groups is 1. The van der Waals surface area contributed by atoms with E-state index in [0.717, 1.165) is 11.8 Å². The van der Waals surface area contributed by atoms with Gasteiger partial charge in [-0.1, -0.05) is 26.0 Å². The van der Waals surface area contributed by atoms with Gasteiger partial charge in [-0.15, -0.1) is 0 Å². The Morgan fingerprint density at radius 1 is 1.27 bits per heavy atom. The maximum atomic E-state index is 11.5. The van der Waals surface area contributed by atoms with Gasteiger partial charge in [0, 0.05) is 11.8 Å². The van der Waals surface area contributed by atoms with Crippen molar-refractivity contribution in [3.63, 3.8) is 0 Å². The molecular weight excluding hydrogens is 212 g/mol. The Balaban J connectivity index is 3.49. The average Bonchev–Trinajstić information content (AvgIpc) is 2.15. The molecule has 82 valence electrons. The molecule has 0 fully saturated rings. The Morgan fingerprint density at radius 2 is 1.87 bits per heavy atom. The van der Waals surface area contributed by atoms with Gasteiger partial charge in [-0.2, -0.15) is 0 Å². The van der Waals surface area contributed by atoms with Gasteiger partial charge in [0.15, 0.2) is 9.84 Å². The lowest BCUT2D eigenvalue weighted by Gasteiger charge is -2.11. The van der Waals surface area contributed by atoms with E-state index in [1.165, 1.54) is 6.07 Å². The minimum Gasteiger partial charge on any atom is -0.298 e. The molecule has 0 spiro atoms. The summed E-state index contributed by atoms with van der Waals surface area (Å²) in [6, 6.07) is 4.76. The van der Waals surface area contributed by atoms with E-state index in [2.05, 4.69) is 0 Å². The van der Waals surface area contributed by atoms with E-state index in [-0.39, 0.29) is 10.8 Å². The van der Waals surface area contributed by atoms with Crippen molar-refractivity contribution < 1.29 is 13.2 Å². The first-order valence-corrected chi connectivity index (χ1v) is 6.54. The van der Waals surface area contributed by atoms with Crippen LogP contribution in [0.4, 0.5) is 0 Å². The summed E-state index contributed by atoms with van der Waals surface area (Å²) in [6.07, 6.45) is 1.81. The van der Waals surface area contributed by atoms with E-state index in [9.17, 15) is 13.2 Å². The lowest BCUT2D eigenvalue weighted by atomic mass is 10.0. The molecule has 0 aliphatic heterocycles. The van der Waals surface area contributed by atoms with E-state index in [1.807, 2.05) is 13.8 Å². The second-order valence-electron chi connectivity index (χ2n) is 3.84. The zero-order valence-electron chi connectivity index (χ0n) is 9.02. The third kappa shape index (κ3) is 2.65. The fraction of sp³-hybridized carbons (Fsp3) is 0.364. The van der Waals surface area contributed by atoms with Crippen LogP contribution in [0.5, 0.6) is 0 Å². The summed E-state index contributed by atoms with van der Waals surface area (Å²) in [5, 5.41) is 0. The highest BCUT2D eigenvalue weighted by atomic mass is 32.2. The fourth-order valence-corrected chi connectivity index (χ4v) is 2.50. The Hall–Kier alpha value is -1.16. The van der Waals surface area contributed by atoms with Gasteiger partial charge in [-0.3, -0.25) is 4.79 Å². The third-order valence-corrected chi connectivity index (χ3v) is 3.35. The summed E-state index contributed by atoms with van der Waals surface area (Å²) in [4.78, 5) is 10.8. The van der Waals surface area contributed by atoms with Gasteiger partial charge < -0.3 is 0 Å². The minimum absolute atomic E-state index is 0.121. The predicted molar refractivity (Wildman–Crippen MR) is 59.0 cm³/mol. The molecule has 0 aromatic heterocycles. The summed E-state index contributed by atoms with van der Waals surface area (Å²) >= 11 is 0. The maximum absolute atomic E-state index is 11.5. The van der Waals surface area contributed by atoms with Crippen LogP contribution in [0.15, 0.2) is 23.1 Å². The molecule has 0 aliphatic carbocycles. The largest absolute Gasteiger partial charge is 0.298 e. The molecule has 4 heteroatoms. The normalized spacial score (nSPS) is 11.7. The Bertz CT molecular complexity index is 473. The maximum Gasteiger partial charge on any atom is 0.175 e. The SMILES string of the molecule is CC(C)c1ccc(C=O)cc1S(C)(=O)=O. The van der Waals surface area contributed by atoms with Gasteiger partial charge in [0.25, 0.3) is 0 Å². The molecule has 1 aromatic rings. The molecule has 0 atom stereocenters. The summed E-state index contributed by atoms with van der Waals surface area (Å²) in [6.45, 7) is 3.84. The van der Waals surface area contributed by atoms with Crippen LogP contribution in [-0.2, 0) is 9.84 Å². The van der Waals surface area contributed by atoms with Crippen LogP contribution < -0.4 is 0 Å². The van der Waals surface area contributed by atoms with Crippen LogP contribution in [0.1, 0.15) is 35.7 Å². The lowest BCUT2D eigenvalue weighted by molar-refractivity contribution is 0.112. The Labute approximate surface area is 90.0 Å². The topological polar surface area (TPSA) is 51.2 Å². The van der Waals surface area contributed by atoms with Gasteiger partial charge in [0.1, 0.15) is 6.29 Å². The van der Waals surface area contributed by atoms with E-state index in [4.69, 9.17) is 0 Å². The van der Waals surface area contributed by atoms with Crippen molar-refractivity contribution in [1.29, 1.82) is 0 Å². The summed E-state index contributed by atoms with van der Waals surface area (Å²) in [5.74, 6) is 0.121. The van der Waals surface area contributed by atoms with E-state index < -0.39 is 9.84 Å². The smallest absolute Gasteiger partial charge is 0.175 e. The lowest BCUT2D eigenvalue weighted by Crippen LogP contribution is -2.04. The number of sulfone groups is 1. The van der Waals surface area contributed by atoms with E-state index >= 15 is 0 Å². The van der Waals surface area contributed by atoms with Gasteiger partial charge in [-0.05, 0) is 17.5 Å². The van der Waals surface area contributed by atoms with Crippen LogP contribution in [0.25, 0.3) is 0 Å². The second kappa shape index (κ2) is 4.14. The molecule has 0 unspecified atom stereocenters. The first-order valence-electron chi connectivity index (χ1n) is 4.65. The van der Waals surface area contributed by atoms with Crippen molar-refractivity contribution >= 4 is 16.1 Å². The monoisotopic (exact) mass is 226 g/mol. The average molecular weight is 226 g/mol. The molecule has 1 aromatic carbocycles. The quantitative estimate of drug-likeness (QED) is 0.741. The zero-order valence-corrected chi connectivity index (χ0v) is 9.84. The summed E-state index contributed by atoms with van der Waals surface area (Å²) in [5.41, 5.74) is 1.14. The van der Waals surface area contributed by atoms with Gasteiger partial charge >= 0.3 is 0 Å². The van der Waals surface area contributed by atoms with Crippen LogP contribution in [0.3, 0.4) is 0 Å². The molecule has 0 saturated carbocycles. The van der Waals surface area contributed by atoms with Gasteiger partial charge in [0.2, 0.25) is 0 Å². The predicted octanol–water partition coefficient (Wildman–Crippen LogP) is 2.03. The van der Waals surface area contributed by atoms with Crippen LogP contribution >= 0.6 is 0 Å². The van der Waals surface area contributed by atoms with Crippen molar-refractivity contribution in [1.82, 2.24) is 0 Å². The highest BCUT2D eigenvalue weighted by molar-refractivity contribution is 7.90. The number of hydrogen-bond donors (Lipinski definition) is 0.